The molecule has 1 aliphatic rings. The Kier molecular flexibility index (Phi) is 3.94. The predicted octanol–water partition coefficient (Wildman–Crippen LogP) is 1.86. The molecule has 0 spiro atoms. The maximum Gasteiger partial charge on any atom is 0.315 e. The average molecular weight is 231 g/mol. The number of benzene rings is 1. The smallest absolute Gasteiger partial charge is 0.315 e. The quantitative estimate of drug-likeness (QED) is 0.637. The van der Waals surface area contributed by atoms with Crippen molar-refractivity contribution in [1.82, 2.24) is 5.32 Å². The number of carbonyl (C=O) groups is 1. The molecule has 1 heterocycles. The van der Waals surface area contributed by atoms with Gasteiger partial charge in [0.25, 0.3) is 0 Å². The number of hydrogen-bond acceptors (Lipinski definition) is 3. The van der Waals surface area contributed by atoms with E-state index in [1.165, 1.54) is 7.11 Å². The van der Waals surface area contributed by atoms with Crippen molar-refractivity contribution < 1.29 is 9.53 Å². The molecule has 0 saturated carbocycles. The summed E-state index contributed by atoms with van der Waals surface area (Å²) in [6, 6.07) is 9.79. The van der Waals surface area contributed by atoms with Gasteiger partial charge in [-0.15, -0.1) is 0 Å². The first-order chi connectivity index (χ1) is 8.33. The molecule has 0 radical (unpaired) electrons. The molecule has 3 nitrogen and oxygen atoms in total. The maximum atomic E-state index is 11.9. The Bertz CT molecular complexity index is 400. The number of esters is 1. The van der Waals surface area contributed by atoms with Crippen LogP contribution in [0, 0.1) is 0 Å². The van der Waals surface area contributed by atoms with Gasteiger partial charge in [-0.3, -0.25) is 4.79 Å². The Balaban J connectivity index is 2.28. The molecular weight excluding hydrogens is 214 g/mol. The van der Waals surface area contributed by atoms with Crippen LogP contribution in [-0.4, -0.2) is 25.7 Å². The van der Waals surface area contributed by atoms with E-state index < -0.39 is 0 Å². The fraction of sp³-hybridized carbons (Fsp3) is 0.357. The van der Waals surface area contributed by atoms with Crippen molar-refractivity contribution in [3.05, 3.63) is 48.0 Å². The molecule has 1 N–H and O–H groups in total. The fourth-order valence-electron chi connectivity index (χ4n) is 2.15. The molecule has 17 heavy (non-hydrogen) atoms. The van der Waals surface area contributed by atoms with Gasteiger partial charge >= 0.3 is 5.97 Å². The van der Waals surface area contributed by atoms with Gasteiger partial charge in [-0.05, 0) is 18.5 Å². The van der Waals surface area contributed by atoms with Gasteiger partial charge in [-0.1, -0.05) is 42.5 Å². The lowest BCUT2D eigenvalue weighted by Gasteiger charge is -2.26. The van der Waals surface area contributed by atoms with Crippen molar-refractivity contribution in [3.63, 3.8) is 0 Å². The van der Waals surface area contributed by atoms with Gasteiger partial charge in [-0.2, -0.15) is 0 Å². The molecule has 0 fully saturated rings. The molecule has 0 unspecified atom stereocenters. The minimum absolute atomic E-state index is 0.0265. The Morgan fingerprint density at radius 3 is 2.76 bits per heavy atom. The molecule has 0 amide bonds. The minimum atomic E-state index is -0.266. The lowest BCUT2D eigenvalue weighted by Crippen LogP contribution is -2.39. The van der Waals surface area contributed by atoms with Crippen molar-refractivity contribution in [2.75, 3.05) is 13.7 Å². The SMILES string of the molecule is COC(=O)[C@H](c1ccccc1)[C@H]1C=CCCN1. The lowest BCUT2D eigenvalue weighted by molar-refractivity contribution is -0.142. The number of rotatable bonds is 3. The van der Waals surface area contributed by atoms with E-state index in [9.17, 15) is 4.79 Å². The Labute approximate surface area is 101 Å². The second-order valence-corrected chi connectivity index (χ2v) is 4.11. The molecule has 0 bridgehead atoms. The Hall–Kier alpha value is -1.61. The van der Waals surface area contributed by atoms with Gasteiger partial charge in [0.15, 0.2) is 0 Å². The normalized spacial score (nSPS) is 20.9. The van der Waals surface area contributed by atoms with Crippen molar-refractivity contribution in [2.45, 2.75) is 18.4 Å². The van der Waals surface area contributed by atoms with E-state index >= 15 is 0 Å². The van der Waals surface area contributed by atoms with Gasteiger partial charge in [0.1, 0.15) is 5.92 Å². The fourth-order valence-corrected chi connectivity index (χ4v) is 2.15. The Morgan fingerprint density at radius 1 is 1.41 bits per heavy atom. The number of nitrogens with one attached hydrogen (secondary N) is 1. The molecule has 1 aromatic rings. The van der Waals surface area contributed by atoms with E-state index in [1.807, 2.05) is 30.3 Å². The second kappa shape index (κ2) is 5.64. The largest absolute Gasteiger partial charge is 0.468 e. The maximum absolute atomic E-state index is 11.9. The molecule has 1 aliphatic heterocycles. The van der Waals surface area contributed by atoms with E-state index in [0.29, 0.717) is 0 Å². The highest BCUT2D eigenvalue weighted by Crippen LogP contribution is 2.23. The van der Waals surface area contributed by atoms with E-state index in [-0.39, 0.29) is 17.9 Å². The predicted molar refractivity (Wildman–Crippen MR) is 66.7 cm³/mol. The van der Waals surface area contributed by atoms with Gasteiger partial charge in [-0.25, -0.2) is 0 Å². The zero-order valence-corrected chi connectivity index (χ0v) is 9.93. The van der Waals surface area contributed by atoms with Crippen LogP contribution in [0.5, 0.6) is 0 Å². The molecule has 0 aliphatic carbocycles. The third-order valence-corrected chi connectivity index (χ3v) is 3.01. The molecule has 90 valence electrons. The van der Waals surface area contributed by atoms with Gasteiger partial charge < -0.3 is 10.1 Å². The monoisotopic (exact) mass is 231 g/mol. The average Bonchev–Trinajstić information content (AvgIpc) is 2.41. The lowest BCUT2D eigenvalue weighted by atomic mass is 9.90. The second-order valence-electron chi connectivity index (χ2n) is 4.11. The highest BCUT2D eigenvalue weighted by atomic mass is 16.5. The van der Waals surface area contributed by atoms with Gasteiger partial charge in [0.05, 0.1) is 7.11 Å². The van der Waals surface area contributed by atoms with Crippen LogP contribution in [-0.2, 0) is 9.53 Å². The summed E-state index contributed by atoms with van der Waals surface area (Å²) in [5.41, 5.74) is 0.989. The third-order valence-electron chi connectivity index (χ3n) is 3.01. The van der Waals surface area contributed by atoms with E-state index in [2.05, 4.69) is 17.5 Å². The third kappa shape index (κ3) is 2.74. The number of ether oxygens (including phenoxy) is 1. The molecule has 2 rings (SSSR count). The summed E-state index contributed by atoms with van der Waals surface area (Å²) in [7, 11) is 1.44. The van der Waals surface area contributed by atoms with Crippen LogP contribution in [0.25, 0.3) is 0 Å². The van der Waals surface area contributed by atoms with Crippen molar-refractivity contribution >= 4 is 5.97 Å². The summed E-state index contributed by atoms with van der Waals surface area (Å²) in [5.74, 6) is -0.460. The first-order valence-electron chi connectivity index (χ1n) is 5.86. The van der Waals surface area contributed by atoms with E-state index in [4.69, 9.17) is 4.74 Å². The summed E-state index contributed by atoms with van der Waals surface area (Å²) in [6.45, 7) is 0.904. The van der Waals surface area contributed by atoms with Crippen molar-refractivity contribution in [3.8, 4) is 0 Å². The molecular formula is C14H17NO2. The zero-order valence-electron chi connectivity index (χ0n) is 9.93. The molecule has 3 heteroatoms. The topological polar surface area (TPSA) is 38.3 Å². The summed E-state index contributed by atoms with van der Waals surface area (Å²) in [4.78, 5) is 11.9. The van der Waals surface area contributed by atoms with Crippen LogP contribution in [0.2, 0.25) is 0 Å². The summed E-state index contributed by atoms with van der Waals surface area (Å²) in [6.07, 6.45) is 5.18. The first kappa shape index (κ1) is 11.9. The molecule has 2 atom stereocenters. The van der Waals surface area contributed by atoms with Gasteiger partial charge in [0, 0.05) is 6.04 Å². The Morgan fingerprint density at radius 2 is 2.18 bits per heavy atom. The highest BCUT2D eigenvalue weighted by molar-refractivity contribution is 5.79. The molecule has 0 aromatic heterocycles. The van der Waals surface area contributed by atoms with Crippen LogP contribution < -0.4 is 5.32 Å². The number of hydrogen-bond donors (Lipinski definition) is 1. The summed E-state index contributed by atoms with van der Waals surface area (Å²) < 4.78 is 4.91. The number of methoxy groups -OCH3 is 1. The van der Waals surface area contributed by atoms with Crippen LogP contribution in [0.1, 0.15) is 17.9 Å². The van der Waals surface area contributed by atoms with Crippen LogP contribution in [0.3, 0.4) is 0 Å². The standard InChI is InChI=1S/C14H17NO2/c1-17-14(16)13(11-7-3-2-4-8-11)12-9-5-6-10-15-12/h2-5,7-9,12-13,15H,6,10H2,1H3/t12-,13-/m1/s1. The summed E-state index contributed by atoms with van der Waals surface area (Å²) in [5, 5.41) is 3.35. The first-order valence-corrected chi connectivity index (χ1v) is 5.86. The molecule has 1 aromatic carbocycles. The van der Waals surface area contributed by atoms with Crippen molar-refractivity contribution in [2.24, 2.45) is 0 Å². The number of carbonyl (C=O) groups excluding carboxylic acids is 1. The van der Waals surface area contributed by atoms with Crippen LogP contribution in [0.15, 0.2) is 42.5 Å². The zero-order chi connectivity index (χ0) is 12.1. The summed E-state index contributed by atoms with van der Waals surface area (Å²) >= 11 is 0. The molecule has 0 saturated heterocycles. The minimum Gasteiger partial charge on any atom is -0.468 e. The van der Waals surface area contributed by atoms with Gasteiger partial charge in [0.2, 0.25) is 0 Å². The highest BCUT2D eigenvalue weighted by Gasteiger charge is 2.29. The van der Waals surface area contributed by atoms with Crippen LogP contribution in [0.4, 0.5) is 0 Å². The van der Waals surface area contributed by atoms with Crippen molar-refractivity contribution in [1.29, 1.82) is 0 Å². The van der Waals surface area contributed by atoms with Crippen LogP contribution >= 0.6 is 0 Å². The van der Waals surface area contributed by atoms with E-state index in [0.717, 1.165) is 18.5 Å². The van der Waals surface area contributed by atoms with E-state index in [1.54, 1.807) is 0 Å².